The molecule has 0 saturated carbocycles. The van der Waals surface area contributed by atoms with E-state index in [0.717, 1.165) is 35.9 Å². The van der Waals surface area contributed by atoms with Gasteiger partial charge in [-0.25, -0.2) is 14.5 Å². The van der Waals surface area contributed by atoms with E-state index in [2.05, 4.69) is 20.3 Å². The van der Waals surface area contributed by atoms with Gasteiger partial charge in [0.1, 0.15) is 24.2 Å². The highest BCUT2D eigenvalue weighted by Crippen LogP contribution is 2.24. The van der Waals surface area contributed by atoms with E-state index in [-0.39, 0.29) is 18.1 Å². The summed E-state index contributed by atoms with van der Waals surface area (Å²) in [5.74, 6) is 1.73. The lowest BCUT2D eigenvalue weighted by Crippen LogP contribution is -2.46. The first-order valence-corrected chi connectivity index (χ1v) is 10.9. The van der Waals surface area contributed by atoms with Gasteiger partial charge in [0.2, 0.25) is 0 Å². The van der Waals surface area contributed by atoms with Crippen molar-refractivity contribution >= 4 is 6.03 Å². The van der Waals surface area contributed by atoms with E-state index in [9.17, 15) is 4.79 Å². The average molecular weight is 439 g/mol. The van der Waals surface area contributed by atoms with Crippen LogP contribution in [0.4, 0.5) is 4.79 Å². The maximum Gasteiger partial charge on any atom is 0.317 e. The summed E-state index contributed by atoms with van der Waals surface area (Å²) in [6.07, 6.45) is 3.16. The Morgan fingerprint density at radius 3 is 2.56 bits per heavy atom. The quantitative estimate of drug-likeness (QED) is 0.610. The molecule has 0 radical (unpaired) electrons. The molecule has 9 nitrogen and oxygen atoms in total. The highest BCUT2D eigenvalue weighted by atomic mass is 16.5. The van der Waals surface area contributed by atoms with Gasteiger partial charge in [-0.15, -0.1) is 0 Å². The van der Waals surface area contributed by atoms with E-state index in [1.807, 2.05) is 57.3 Å². The topological polar surface area (TPSA) is 88.7 Å². The van der Waals surface area contributed by atoms with Crippen molar-refractivity contribution in [3.8, 4) is 5.69 Å². The van der Waals surface area contributed by atoms with Crippen LogP contribution in [0.1, 0.15) is 36.1 Å². The number of carbonyl (C=O) groups excluding carboxylic acids is 1. The van der Waals surface area contributed by atoms with Gasteiger partial charge >= 0.3 is 6.03 Å². The second-order valence-corrected chi connectivity index (χ2v) is 8.02. The standard InChI is InChI=1S/C23H30N6O3/c1-17-4-9-22(32-17)21(28-10-12-31-13-11-28)14-25-23(30)27(3)18(2)19-5-7-20(8-6-19)29-16-24-15-26-29/h4-9,15-16,18,21H,10-14H2,1-3H3,(H,25,30). The van der Waals surface area contributed by atoms with Crippen molar-refractivity contribution in [1.82, 2.24) is 29.9 Å². The molecule has 170 valence electrons. The SMILES string of the molecule is Cc1ccc(C(CNC(=O)N(C)C(C)c2ccc(-n3cncn3)cc2)N2CCOCC2)o1. The highest BCUT2D eigenvalue weighted by molar-refractivity contribution is 5.74. The number of hydrogen-bond acceptors (Lipinski definition) is 6. The molecule has 1 saturated heterocycles. The third-order valence-electron chi connectivity index (χ3n) is 5.98. The van der Waals surface area contributed by atoms with Crippen LogP contribution in [0.3, 0.4) is 0 Å². The number of morpholine rings is 1. The molecule has 9 heteroatoms. The fraction of sp³-hybridized carbons (Fsp3) is 0.435. The normalized spacial score (nSPS) is 16.5. The minimum absolute atomic E-state index is 0.0257. The summed E-state index contributed by atoms with van der Waals surface area (Å²) >= 11 is 0. The molecule has 2 atom stereocenters. The molecular formula is C23H30N6O3. The van der Waals surface area contributed by atoms with Crippen LogP contribution in [-0.2, 0) is 4.74 Å². The molecule has 1 N–H and O–H groups in total. The van der Waals surface area contributed by atoms with Crippen molar-refractivity contribution in [1.29, 1.82) is 0 Å². The summed E-state index contributed by atoms with van der Waals surface area (Å²) in [5.41, 5.74) is 1.96. The van der Waals surface area contributed by atoms with Gasteiger partial charge in [-0.1, -0.05) is 12.1 Å². The molecule has 0 spiro atoms. The number of benzene rings is 1. The Kier molecular flexibility index (Phi) is 6.87. The summed E-state index contributed by atoms with van der Waals surface area (Å²) in [5, 5.41) is 7.24. The number of urea groups is 1. The van der Waals surface area contributed by atoms with E-state index in [0.29, 0.717) is 19.8 Å². The maximum absolute atomic E-state index is 13.0. The number of hydrogen-bond donors (Lipinski definition) is 1. The number of nitrogens with zero attached hydrogens (tertiary/aromatic N) is 5. The fourth-order valence-corrected chi connectivity index (χ4v) is 3.89. The molecule has 2 aromatic heterocycles. The summed E-state index contributed by atoms with van der Waals surface area (Å²) in [6.45, 7) is 7.40. The van der Waals surface area contributed by atoms with E-state index in [1.54, 1.807) is 15.9 Å². The lowest BCUT2D eigenvalue weighted by molar-refractivity contribution is 0.0119. The van der Waals surface area contributed by atoms with Crippen LogP contribution >= 0.6 is 0 Å². The van der Waals surface area contributed by atoms with Gasteiger partial charge in [0.05, 0.1) is 31.0 Å². The number of furan rings is 1. The number of aryl methyl sites for hydroxylation is 1. The Bertz CT molecular complexity index is 995. The Morgan fingerprint density at radius 1 is 1.19 bits per heavy atom. The minimum Gasteiger partial charge on any atom is -0.465 e. The third-order valence-corrected chi connectivity index (χ3v) is 5.98. The number of amides is 2. The van der Waals surface area contributed by atoms with E-state index < -0.39 is 0 Å². The van der Waals surface area contributed by atoms with Crippen molar-refractivity contribution in [2.75, 3.05) is 39.9 Å². The van der Waals surface area contributed by atoms with Gasteiger partial charge in [-0.2, -0.15) is 5.10 Å². The van der Waals surface area contributed by atoms with Gasteiger partial charge < -0.3 is 19.4 Å². The van der Waals surface area contributed by atoms with Crippen molar-refractivity contribution in [3.05, 3.63) is 66.1 Å². The number of aromatic nitrogens is 3. The van der Waals surface area contributed by atoms with Crippen LogP contribution in [0.25, 0.3) is 5.69 Å². The Morgan fingerprint density at radius 2 is 1.94 bits per heavy atom. The zero-order valence-electron chi connectivity index (χ0n) is 18.8. The number of ether oxygens (including phenoxy) is 1. The highest BCUT2D eigenvalue weighted by Gasteiger charge is 2.27. The number of carbonyl (C=O) groups is 1. The van der Waals surface area contributed by atoms with E-state index in [4.69, 9.17) is 9.15 Å². The van der Waals surface area contributed by atoms with Crippen LogP contribution in [0.5, 0.6) is 0 Å². The van der Waals surface area contributed by atoms with Crippen LogP contribution in [-0.4, -0.2) is 70.5 Å². The molecule has 4 rings (SSSR count). The smallest absolute Gasteiger partial charge is 0.317 e. The van der Waals surface area contributed by atoms with Crippen molar-refractivity contribution < 1.29 is 13.9 Å². The summed E-state index contributed by atoms with van der Waals surface area (Å²) in [6, 6.07) is 11.7. The molecule has 0 aliphatic carbocycles. The predicted octanol–water partition coefficient (Wildman–Crippen LogP) is 2.94. The number of rotatable bonds is 7. The molecule has 1 aromatic carbocycles. The number of nitrogens with one attached hydrogen (secondary N) is 1. The van der Waals surface area contributed by atoms with E-state index in [1.165, 1.54) is 6.33 Å². The maximum atomic E-state index is 13.0. The second kappa shape index (κ2) is 9.97. The molecular weight excluding hydrogens is 408 g/mol. The molecule has 32 heavy (non-hydrogen) atoms. The zero-order chi connectivity index (χ0) is 22.5. The van der Waals surface area contributed by atoms with E-state index >= 15 is 0 Å². The van der Waals surface area contributed by atoms with Crippen LogP contribution in [0.2, 0.25) is 0 Å². The van der Waals surface area contributed by atoms with Crippen LogP contribution in [0.15, 0.2) is 53.5 Å². The lowest BCUT2D eigenvalue weighted by atomic mass is 10.1. The third kappa shape index (κ3) is 5.00. The summed E-state index contributed by atoms with van der Waals surface area (Å²) in [4.78, 5) is 20.9. The van der Waals surface area contributed by atoms with Crippen molar-refractivity contribution in [2.24, 2.45) is 0 Å². The molecule has 0 bridgehead atoms. The molecule has 2 amide bonds. The fourth-order valence-electron chi connectivity index (χ4n) is 3.89. The monoisotopic (exact) mass is 438 g/mol. The first-order valence-electron chi connectivity index (χ1n) is 10.9. The minimum atomic E-state index is -0.126. The van der Waals surface area contributed by atoms with Crippen molar-refractivity contribution in [2.45, 2.75) is 25.9 Å². The van der Waals surface area contributed by atoms with Gasteiger partial charge in [-0.05, 0) is 43.7 Å². The molecule has 1 aliphatic heterocycles. The van der Waals surface area contributed by atoms with Crippen molar-refractivity contribution in [3.63, 3.8) is 0 Å². The first-order chi connectivity index (χ1) is 15.5. The molecule has 3 heterocycles. The Balaban J connectivity index is 1.39. The first kappa shape index (κ1) is 22.0. The van der Waals surface area contributed by atoms with Gasteiger partial charge in [0.25, 0.3) is 0 Å². The predicted molar refractivity (Wildman–Crippen MR) is 120 cm³/mol. The summed E-state index contributed by atoms with van der Waals surface area (Å²) < 4.78 is 13.1. The molecule has 1 aliphatic rings. The molecule has 2 unspecified atom stereocenters. The zero-order valence-corrected chi connectivity index (χ0v) is 18.8. The second-order valence-electron chi connectivity index (χ2n) is 8.02. The lowest BCUT2D eigenvalue weighted by Gasteiger charge is -2.34. The van der Waals surface area contributed by atoms with Gasteiger partial charge in [-0.3, -0.25) is 4.90 Å². The molecule has 1 fully saturated rings. The van der Waals surface area contributed by atoms with Crippen LogP contribution in [0, 0.1) is 6.92 Å². The van der Waals surface area contributed by atoms with Gasteiger partial charge in [0.15, 0.2) is 0 Å². The molecule has 3 aromatic rings. The average Bonchev–Trinajstić information content (AvgIpc) is 3.51. The Labute approximate surface area is 188 Å². The van der Waals surface area contributed by atoms with Crippen LogP contribution < -0.4 is 5.32 Å². The van der Waals surface area contributed by atoms with Gasteiger partial charge in [0, 0.05) is 26.7 Å². The Hall–Kier alpha value is -3.17. The summed E-state index contributed by atoms with van der Waals surface area (Å²) in [7, 11) is 1.81. The largest absolute Gasteiger partial charge is 0.465 e.